The molecule has 0 bridgehead atoms. The molecular weight excluding hydrogens is 589 g/mol. The van der Waals surface area contributed by atoms with Gasteiger partial charge in [0, 0.05) is 42.7 Å². The summed E-state index contributed by atoms with van der Waals surface area (Å²) in [5, 5.41) is 9.84. The van der Waals surface area contributed by atoms with Crippen LogP contribution in [0.4, 0.5) is 0 Å². The van der Waals surface area contributed by atoms with Crippen LogP contribution in [0.25, 0.3) is 97.0 Å². The molecule has 218 valence electrons. The van der Waals surface area contributed by atoms with Crippen molar-refractivity contribution in [2.75, 3.05) is 0 Å². The van der Waals surface area contributed by atoms with Crippen molar-refractivity contribution in [1.29, 1.82) is 0 Å². The normalized spacial score (nSPS) is 11.8. The zero-order valence-corrected chi connectivity index (χ0v) is 26.1. The van der Waals surface area contributed by atoms with E-state index in [0.717, 1.165) is 33.1 Å². The smallest absolute Gasteiger partial charge is 0.0972 e. The summed E-state index contributed by atoms with van der Waals surface area (Å²) >= 11 is 1.89. The molecule has 47 heavy (non-hydrogen) atoms. The summed E-state index contributed by atoms with van der Waals surface area (Å²) in [7, 11) is 0. The van der Waals surface area contributed by atoms with Crippen molar-refractivity contribution in [2.45, 2.75) is 0 Å². The minimum Gasteiger partial charge on any atom is -0.254 e. The van der Waals surface area contributed by atoms with Crippen molar-refractivity contribution in [3.05, 3.63) is 158 Å². The number of thiophene rings is 1. The molecule has 0 amide bonds. The zero-order valence-electron chi connectivity index (χ0n) is 25.3. The summed E-state index contributed by atoms with van der Waals surface area (Å²) in [6.07, 6.45) is 1.84. The molecule has 3 heterocycles. The number of benzene rings is 7. The molecule has 0 aliphatic carbocycles. The van der Waals surface area contributed by atoms with Crippen LogP contribution in [-0.4, -0.2) is 9.97 Å². The van der Waals surface area contributed by atoms with Crippen LogP contribution in [0.3, 0.4) is 0 Å². The third-order valence-corrected chi connectivity index (χ3v) is 10.7. The van der Waals surface area contributed by atoms with Gasteiger partial charge >= 0.3 is 0 Å². The van der Waals surface area contributed by atoms with E-state index in [2.05, 4.69) is 151 Å². The van der Waals surface area contributed by atoms with Crippen LogP contribution in [0.1, 0.15) is 0 Å². The highest BCUT2D eigenvalue weighted by atomic mass is 32.1. The van der Waals surface area contributed by atoms with Gasteiger partial charge in [-0.15, -0.1) is 11.3 Å². The van der Waals surface area contributed by atoms with E-state index < -0.39 is 0 Å². The molecule has 2 nitrogen and oxygen atoms in total. The van der Waals surface area contributed by atoms with Gasteiger partial charge in [0.2, 0.25) is 0 Å². The van der Waals surface area contributed by atoms with Gasteiger partial charge in [-0.1, -0.05) is 127 Å². The van der Waals surface area contributed by atoms with E-state index in [1.165, 1.54) is 64.0 Å². The second-order valence-corrected chi connectivity index (χ2v) is 13.2. The van der Waals surface area contributed by atoms with E-state index in [-0.39, 0.29) is 0 Å². The maximum atomic E-state index is 5.17. The SMILES string of the molecule is c1ccc2cc3c(cc2c1)sc1c(-c2ccc(-c4ccc(-c5ccc6ccc7cccnc7c6n5)c5ccccc45)cc2)cccc13. The fraction of sp³-hybridized carbons (Fsp3) is 0. The molecule has 0 atom stereocenters. The Bertz CT molecular complexity index is 2850. The number of fused-ring (bicyclic) bond motifs is 8. The van der Waals surface area contributed by atoms with Crippen LogP contribution in [0.2, 0.25) is 0 Å². The Morgan fingerprint density at radius 2 is 1.04 bits per heavy atom. The lowest BCUT2D eigenvalue weighted by Gasteiger charge is -2.13. The Balaban J connectivity index is 1.07. The first-order chi connectivity index (χ1) is 23.3. The third-order valence-electron chi connectivity index (χ3n) is 9.50. The van der Waals surface area contributed by atoms with Crippen LogP contribution in [0.5, 0.6) is 0 Å². The van der Waals surface area contributed by atoms with E-state index in [4.69, 9.17) is 4.98 Å². The van der Waals surface area contributed by atoms with Gasteiger partial charge in [-0.25, -0.2) is 4.98 Å². The minimum atomic E-state index is 0.936. The number of rotatable bonds is 3. The molecule has 0 N–H and O–H groups in total. The molecule has 0 aliphatic heterocycles. The molecule has 10 aromatic rings. The summed E-state index contributed by atoms with van der Waals surface area (Å²) in [5.74, 6) is 0. The standard InChI is InChI=1S/C44H26N2S/c1-2-8-32-26-41-39(25-31(32)7-1)38-13-5-12-34(44(38)47-41)28-16-14-27(15-17-28)33-21-22-37(36-11-4-3-10-35(33)36)40-23-20-30-19-18-29-9-6-24-45-42(29)43(30)46-40/h1-26H. The second-order valence-electron chi connectivity index (χ2n) is 12.2. The van der Waals surface area contributed by atoms with Gasteiger partial charge in [-0.05, 0) is 68.1 Å². The molecule has 3 aromatic heterocycles. The summed E-state index contributed by atoms with van der Waals surface area (Å²) in [6, 6.07) is 54.9. The molecule has 10 rings (SSSR count). The molecule has 0 saturated carbocycles. The maximum Gasteiger partial charge on any atom is 0.0972 e. The average Bonchev–Trinajstić information content (AvgIpc) is 3.51. The zero-order chi connectivity index (χ0) is 30.9. The molecule has 0 spiro atoms. The lowest BCUT2D eigenvalue weighted by atomic mass is 9.92. The van der Waals surface area contributed by atoms with Gasteiger partial charge in [0.05, 0.1) is 16.7 Å². The van der Waals surface area contributed by atoms with Gasteiger partial charge in [0.15, 0.2) is 0 Å². The van der Waals surface area contributed by atoms with E-state index in [9.17, 15) is 0 Å². The van der Waals surface area contributed by atoms with Gasteiger partial charge < -0.3 is 0 Å². The fourth-order valence-electron chi connectivity index (χ4n) is 7.19. The Hall–Kier alpha value is -5.90. The average molecular weight is 615 g/mol. The van der Waals surface area contributed by atoms with Crippen molar-refractivity contribution < 1.29 is 0 Å². The van der Waals surface area contributed by atoms with Crippen LogP contribution in [-0.2, 0) is 0 Å². The van der Waals surface area contributed by atoms with Crippen LogP contribution < -0.4 is 0 Å². The Kier molecular flexibility index (Phi) is 5.78. The van der Waals surface area contributed by atoms with Crippen LogP contribution >= 0.6 is 11.3 Å². The number of pyridine rings is 2. The second kappa shape index (κ2) is 10.3. The summed E-state index contributed by atoms with van der Waals surface area (Å²) < 4.78 is 2.67. The summed E-state index contributed by atoms with van der Waals surface area (Å²) in [5.41, 5.74) is 8.89. The van der Waals surface area contributed by atoms with E-state index in [1.54, 1.807) is 0 Å². The monoisotopic (exact) mass is 614 g/mol. The molecule has 0 unspecified atom stereocenters. The summed E-state index contributed by atoms with van der Waals surface area (Å²) in [4.78, 5) is 9.83. The largest absolute Gasteiger partial charge is 0.254 e. The first-order valence-corrected chi connectivity index (χ1v) is 16.7. The number of hydrogen-bond acceptors (Lipinski definition) is 3. The van der Waals surface area contributed by atoms with Crippen molar-refractivity contribution in [1.82, 2.24) is 9.97 Å². The van der Waals surface area contributed by atoms with E-state index >= 15 is 0 Å². The molecule has 7 aromatic carbocycles. The van der Waals surface area contributed by atoms with Gasteiger partial charge in [-0.2, -0.15) is 0 Å². The number of aromatic nitrogens is 2. The Labute approximate surface area is 275 Å². The van der Waals surface area contributed by atoms with Crippen LogP contribution in [0, 0.1) is 0 Å². The predicted octanol–water partition coefficient (Wildman–Crippen LogP) is 12.5. The Morgan fingerprint density at radius 3 is 1.87 bits per heavy atom. The van der Waals surface area contributed by atoms with Gasteiger partial charge in [0.25, 0.3) is 0 Å². The molecular formula is C44H26N2S. The quantitative estimate of drug-likeness (QED) is 0.185. The lowest BCUT2D eigenvalue weighted by molar-refractivity contribution is 1.37. The van der Waals surface area contributed by atoms with Crippen molar-refractivity contribution >= 4 is 74.9 Å². The van der Waals surface area contributed by atoms with E-state index in [0.29, 0.717) is 0 Å². The lowest BCUT2D eigenvalue weighted by Crippen LogP contribution is -1.91. The first-order valence-electron chi connectivity index (χ1n) is 15.9. The highest BCUT2D eigenvalue weighted by Crippen LogP contribution is 2.42. The van der Waals surface area contributed by atoms with Crippen molar-refractivity contribution in [3.63, 3.8) is 0 Å². The van der Waals surface area contributed by atoms with Crippen molar-refractivity contribution in [3.8, 4) is 33.5 Å². The highest BCUT2D eigenvalue weighted by Gasteiger charge is 2.14. The van der Waals surface area contributed by atoms with Crippen molar-refractivity contribution in [2.24, 2.45) is 0 Å². The fourth-order valence-corrected chi connectivity index (χ4v) is 8.46. The summed E-state index contributed by atoms with van der Waals surface area (Å²) in [6.45, 7) is 0. The molecule has 0 aliphatic rings. The Morgan fingerprint density at radius 1 is 0.404 bits per heavy atom. The van der Waals surface area contributed by atoms with E-state index in [1.807, 2.05) is 23.6 Å². The van der Waals surface area contributed by atoms with Gasteiger partial charge in [-0.3, -0.25) is 4.98 Å². The highest BCUT2D eigenvalue weighted by molar-refractivity contribution is 7.26. The number of hydrogen-bond donors (Lipinski definition) is 0. The topological polar surface area (TPSA) is 25.8 Å². The molecule has 3 heteroatoms. The molecule has 0 saturated heterocycles. The maximum absolute atomic E-state index is 5.17. The van der Waals surface area contributed by atoms with Gasteiger partial charge in [0.1, 0.15) is 0 Å². The number of nitrogens with zero attached hydrogens (tertiary/aromatic N) is 2. The van der Waals surface area contributed by atoms with Crippen LogP contribution in [0.15, 0.2) is 158 Å². The molecule has 0 radical (unpaired) electrons. The first kappa shape index (κ1) is 26.3. The third kappa shape index (κ3) is 4.17. The minimum absolute atomic E-state index is 0.936. The molecule has 0 fully saturated rings. The predicted molar refractivity (Wildman–Crippen MR) is 201 cm³/mol.